The Morgan fingerprint density at radius 3 is 2.62 bits per heavy atom. The molecule has 2 aromatic carbocycles. The number of phenols is 1. The predicted octanol–water partition coefficient (Wildman–Crippen LogP) is 5.83. The summed E-state index contributed by atoms with van der Waals surface area (Å²) in [5.41, 5.74) is 2.94. The van der Waals surface area contributed by atoms with Crippen molar-refractivity contribution in [3.05, 3.63) is 64.2 Å². The van der Waals surface area contributed by atoms with Gasteiger partial charge in [0.1, 0.15) is 24.0 Å². The Morgan fingerprint density at radius 2 is 1.97 bits per heavy atom. The lowest BCUT2D eigenvalue weighted by Gasteiger charge is -2.22. The molecule has 0 aliphatic heterocycles. The molecule has 4 aromatic rings. The fourth-order valence-electron chi connectivity index (χ4n) is 3.65. The Hall–Kier alpha value is -3.36. The maximum Gasteiger partial charge on any atom is 0.407 e. The van der Waals surface area contributed by atoms with Crippen molar-refractivity contribution in [3.8, 4) is 22.7 Å². The number of carbonyl (C=O) groups excluding carboxylic acids is 1. The molecule has 0 saturated heterocycles. The Labute approximate surface area is 206 Å². The highest BCUT2D eigenvalue weighted by Crippen LogP contribution is 2.39. The van der Waals surface area contributed by atoms with E-state index in [1.165, 1.54) is 6.33 Å². The monoisotopic (exact) mass is 499 g/mol. The molecular formula is C24H23Cl2N5O3. The topological polar surface area (TPSA) is 102 Å². The van der Waals surface area contributed by atoms with E-state index >= 15 is 0 Å². The van der Waals surface area contributed by atoms with E-state index in [4.69, 9.17) is 32.9 Å². The van der Waals surface area contributed by atoms with Crippen LogP contribution in [-0.4, -0.2) is 36.5 Å². The molecule has 34 heavy (non-hydrogen) atoms. The van der Waals surface area contributed by atoms with Gasteiger partial charge in [-0.3, -0.25) is 0 Å². The number of nitrogens with one attached hydrogen (secondary N) is 1. The third kappa shape index (κ3) is 4.78. The normalized spacial score (nSPS) is 11.6. The van der Waals surface area contributed by atoms with Crippen LogP contribution in [0.15, 0.2) is 43.0 Å². The zero-order valence-corrected chi connectivity index (χ0v) is 20.6. The Morgan fingerprint density at radius 1 is 1.21 bits per heavy atom. The third-order valence-corrected chi connectivity index (χ3v) is 5.65. The average Bonchev–Trinajstić information content (AvgIpc) is 3.27. The summed E-state index contributed by atoms with van der Waals surface area (Å²) in [5, 5.41) is 19.1. The lowest BCUT2D eigenvalue weighted by atomic mass is 9.97. The Bertz CT molecular complexity index is 1380. The number of aryl methyl sites for hydroxylation is 1. The second kappa shape index (κ2) is 9.12. The summed E-state index contributed by atoms with van der Waals surface area (Å²) < 4.78 is 7.00. The molecule has 4 rings (SSSR count). The van der Waals surface area contributed by atoms with E-state index < -0.39 is 11.7 Å². The number of hydrogen-bond acceptors (Lipinski definition) is 6. The fourth-order valence-corrected chi connectivity index (χ4v) is 4.15. The zero-order chi connectivity index (χ0) is 24.6. The van der Waals surface area contributed by atoms with Gasteiger partial charge in [-0.2, -0.15) is 5.10 Å². The van der Waals surface area contributed by atoms with E-state index in [1.54, 1.807) is 69.0 Å². The molecule has 2 heterocycles. The molecular weight excluding hydrogens is 477 g/mol. The molecule has 0 spiro atoms. The molecule has 0 radical (unpaired) electrons. The van der Waals surface area contributed by atoms with Crippen molar-refractivity contribution in [2.45, 2.75) is 39.8 Å². The number of halogens is 2. The largest absolute Gasteiger partial charge is 0.508 e. The van der Waals surface area contributed by atoms with Crippen molar-refractivity contribution in [1.29, 1.82) is 0 Å². The quantitative estimate of drug-likeness (QED) is 0.366. The van der Waals surface area contributed by atoms with Crippen LogP contribution in [0.1, 0.15) is 31.9 Å². The first-order valence-electron chi connectivity index (χ1n) is 10.5. The molecule has 0 aliphatic carbocycles. The number of hydrogen-bond donors (Lipinski definition) is 2. The number of carbonyl (C=O) groups is 1. The number of rotatable bonds is 4. The summed E-state index contributed by atoms with van der Waals surface area (Å²) in [6, 6.07) is 8.43. The summed E-state index contributed by atoms with van der Waals surface area (Å²) in [5.74, 6) is 0.110. The van der Waals surface area contributed by atoms with Crippen LogP contribution in [0.5, 0.6) is 5.75 Å². The SMILES string of the molecule is Cc1c(O)ccc2nc(-c3ccc(Cl)cc3Cl)c(CNC(=O)OC(C)(C)C)c(-n3cncn3)c12. The number of pyridine rings is 1. The molecule has 0 unspecified atom stereocenters. The maximum atomic E-state index is 12.5. The predicted molar refractivity (Wildman–Crippen MR) is 132 cm³/mol. The first-order chi connectivity index (χ1) is 16.0. The van der Waals surface area contributed by atoms with Crippen LogP contribution in [0.3, 0.4) is 0 Å². The highest BCUT2D eigenvalue weighted by Gasteiger charge is 2.24. The number of ether oxygens (including phenoxy) is 1. The second-order valence-electron chi connectivity index (χ2n) is 8.71. The second-order valence-corrected chi connectivity index (χ2v) is 9.55. The first kappa shape index (κ1) is 23.8. The summed E-state index contributed by atoms with van der Waals surface area (Å²) in [4.78, 5) is 21.5. The van der Waals surface area contributed by atoms with Gasteiger partial charge < -0.3 is 15.2 Å². The van der Waals surface area contributed by atoms with Crippen molar-refractivity contribution in [3.63, 3.8) is 0 Å². The maximum absolute atomic E-state index is 12.5. The minimum Gasteiger partial charge on any atom is -0.508 e. The first-order valence-corrected chi connectivity index (χ1v) is 11.2. The van der Waals surface area contributed by atoms with Crippen LogP contribution in [0, 0.1) is 6.92 Å². The van der Waals surface area contributed by atoms with Gasteiger partial charge in [-0.15, -0.1) is 0 Å². The van der Waals surface area contributed by atoms with Gasteiger partial charge in [0.25, 0.3) is 0 Å². The number of amides is 1. The van der Waals surface area contributed by atoms with Gasteiger partial charge in [0.15, 0.2) is 0 Å². The van der Waals surface area contributed by atoms with Crippen molar-refractivity contribution < 1.29 is 14.6 Å². The van der Waals surface area contributed by atoms with Gasteiger partial charge in [0.05, 0.1) is 28.5 Å². The van der Waals surface area contributed by atoms with Crippen LogP contribution in [0.25, 0.3) is 27.8 Å². The van der Waals surface area contributed by atoms with Gasteiger partial charge in [0, 0.05) is 27.1 Å². The molecule has 1 amide bonds. The minimum absolute atomic E-state index is 0.0520. The van der Waals surface area contributed by atoms with E-state index in [2.05, 4.69) is 15.4 Å². The van der Waals surface area contributed by atoms with E-state index in [1.807, 2.05) is 0 Å². The zero-order valence-electron chi connectivity index (χ0n) is 19.1. The molecule has 8 nitrogen and oxygen atoms in total. The highest BCUT2D eigenvalue weighted by molar-refractivity contribution is 6.36. The van der Waals surface area contributed by atoms with Gasteiger partial charge in [-0.1, -0.05) is 23.2 Å². The number of benzene rings is 2. The summed E-state index contributed by atoms with van der Waals surface area (Å²) in [6.07, 6.45) is 2.37. The molecule has 0 atom stereocenters. The number of fused-ring (bicyclic) bond motifs is 1. The number of aromatic nitrogens is 4. The van der Waals surface area contributed by atoms with Gasteiger partial charge >= 0.3 is 6.09 Å². The van der Waals surface area contributed by atoms with Crippen LogP contribution in [-0.2, 0) is 11.3 Å². The van der Waals surface area contributed by atoms with E-state index in [9.17, 15) is 9.90 Å². The number of nitrogens with zero attached hydrogens (tertiary/aromatic N) is 4. The van der Waals surface area contributed by atoms with Crippen molar-refractivity contribution in [1.82, 2.24) is 25.1 Å². The molecule has 2 aromatic heterocycles. The minimum atomic E-state index is -0.662. The number of aromatic hydroxyl groups is 1. The molecule has 2 N–H and O–H groups in total. The molecule has 0 aliphatic rings. The molecule has 0 saturated carbocycles. The molecule has 176 valence electrons. The summed E-state index contributed by atoms with van der Waals surface area (Å²) in [6.45, 7) is 7.21. The van der Waals surface area contributed by atoms with Crippen LogP contribution >= 0.6 is 23.2 Å². The van der Waals surface area contributed by atoms with Crippen molar-refractivity contribution in [2.24, 2.45) is 0 Å². The van der Waals surface area contributed by atoms with Gasteiger partial charge in [-0.05, 0) is 58.0 Å². The fraction of sp³-hybridized carbons (Fsp3) is 0.250. The lowest BCUT2D eigenvalue weighted by Crippen LogP contribution is -2.32. The Kier molecular flexibility index (Phi) is 6.38. The Balaban J connectivity index is 2.00. The lowest BCUT2D eigenvalue weighted by molar-refractivity contribution is 0.0523. The van der Waals surface area contributed by atoms with E-state index in [0.717, 1.165) is 0 Å². The third-order valence-electron chi connectivity index (χ3n) is 5.10. The van der Waals surface area contributed by atoms with Gasteiger partial charge in [-0.25, -0.2) is 19.4 Å². The molecule has 10 heteroatoms. The van der Waals surface area contributed by atoms with Crippen LogP contribution in [0.2, 0.25) is 10.0 Å². The number of phenolic OH excluding ortho intramolecular Hbond substituents is 1. The average molecular weight is 500 g/mol. The molecule has 0 fully saturated rings. The summed E-state index contributed by atoms with van der Waals surface area (Å²) >= 11 is 12.7. The standard InChI is InChI=1S/C24H23Cl2N5O3/c1-13-19(32)8-7-18-20(13)22(31-12-27-11-29-31)16(10-28-23(33)34-24(2,3)4)21(30-18)15-6-5-14(25)9-17(15)26/h5-9,11-12,32H,10H2,1-4H3,(H,28,33). The van der Waals surface area contributed by atoms with E-state index in [-0.39, 0.29) is 12.3 Å². The van der Waals surface area contributed by atoms with Crippen molar-refractivity contribution >= 4 is 40.2 Å². The summed E-state index contributed by atoms with van der Waals surface area (Å²) in [7, 11) is 0. The van der Waals surface area contributed by atoms with E-state index in [0.29, 0.717) is 49.0 Å². The molecule has 0 bridgehead atoms. The number of alkyl carbamates (subject to hydrolysis) is 1. The van der Waals surface area contributed by atoms with Gasteiger partial charge in [0.2, 0.25) is 0 Å². The van der Waals surface area contributed by atoms with Crippen LogP contribution in [0.4, 0.5) is 4.79 Å². The highest BCUT2D eigenvalue weighted by atomic mass is 35.5. The van der Waals surface area contributed by atoms with Crippen LogP contribution < -0.4 is 5.32 Å². The van der Waals surface area contributed by atoms with Crippen molar-refractivity contribution in [2.75, 3.05) is 0 Å². The smallest absolute Gasteiger partial charge is 0.407 e.